The normalized spacial score (nSPS) is 12.0. The van der Waals surface area contributed by atoms with E-state index in [1.165, 1.54) is 21.6 Å². The summed E-state index contributed by atoms with van der Waals surface area (Å²) in [5, 5.41) is 2.97. The second kappa shape index (κ2) is 7.48. The molecule has 29 heavy (non-hydrogen) atoms. The molecule has 4 aromatic rings. The number of carbonyl (C=O) groups is 1. The second-order valence-electron chi connectivity index (χ2n) is 6.73. The third-order valence-corrected chi connectivity index (χ3v) is 6.03. The molecule has 0 unspecified atom stereocenters. The zero-order valence-corrected chi connectivity index (χ0v) is 16.3. The van der Waals surface area contributed by atoms with E-state index in [2.05, 4.69) is 39.6 Å². The molecule has 0 aliphatic heterocycles. The summed E-state index contributed by atoms with van der Waals surface area (Å²) in [6, 6.07) is 19.6. The van der Waals surface area contributed by atoms with E-state index in [0.29, 0.717) is 11.4 Å². The average Bonchev–Trinajstić information content (AvgIpc) is 3.21. The van der Waals surface area contributed by atoms with Gasteiger partial charge in [0.25, 0.3) is 5.91 Å². The van der Waals surface area contributed by atoms with Crippen molar-refractivity contribution in [1.29, 1.82) is 0 Å². The van der Waals surface area contributed by atoms with Crippen LogP contribution in [0.3, 0.4) is 0 Å². The summed E-state index contributed by atoms with van der Waals surface area (Å²) in [5.41, 5.74) is 4.57. The summed E-state index contributed by atoms with van der Waals surface area (Å²) in [5.74, 6) is 0.513. The minimum atomic E-state index is -0.0954. The van der Waals surface area contributed by atoms with Crippen molar-refractivity contribution >= 4 is 22.9 Å². The number of aryl methyl sites for hydroxylation is 2. The van der Waals surface area contributed by atoms with E-state index in [4.69, 9.17) is 4.74 Å². The van der Waals surface area contributed by atoms with Crippen LogP contribution in [0.1, 0.15) is 20.8 Å². The molecule has 0 bridgehead atoms. The summed E-state index contributed by atoms with van der Waals surface area (Å²) in [7, 11) is 0. The highest BCUT2D eigenvalue weighted by molar-refractivity contribution is 7.17. The fraction of sp³-hybridized carbons (Fsp3) is 0.0870. The number of nitrogens with one attached hydrogen (secondary N) is 1. The van der Waals surface area contributed by atoms with Crippen molar-refractivity contribution in [3.8, 4) is 22.2 Å². The van der Waals surface area contributed by atoms with Crippen LogP contribution in [0.4, 0.5) is 5.69 Å². The van der Waals surface area contributed by atoms with Gasteiger partial charge >= 0.3 is 6.01 Å². The molecule has 1 amide bonds. The molecule has 2 aromatic carbocycles. The number of aromatic nitrogens is 2. The van der Waals surface area contributed by atoms with Crippen LogP contribution in [0, 0.1) is 0 Å². The van der Waals surface area contributed by atoms with Gasteiger partial charge in [0.05, 0.1) is 4.88 Å². The molecule has 1 N–H and O–H groups in total. The number of anilines is 1. The van der Waals surface area contributed by atoms with Crippen LogP contribution in [-0.2, 0) is 12.8 Å². The minimum Gasteiger partial charge on any atom is -0.424 e. The number of hydrogen-bond acceptors (Lipinski definition) is 5. The predicted octanol–water partition coefficient (Wildman–Crippen LogP) is 5.35. The maximum atomic E-state index is 12.8. The monoisotopic (exact) mass is 399 g/mol. The third-order valence-electron chi connectivity index (χ3n) is 4.82. The summed E-state index contributed by atoms with van der Waals surface area (Å²) >= 11 is 1.56. The molecule has 0 radical (unpaired) electrons. The topological polar surface area (TPSA) is 64.1 Å². The van der Waals surface area contributed by atoms with Crippen LogP contribution in [0.2, 0.25) is 0 Å². The number of nitrogens with zero attached hydrogens (tertiary/aromatic N) is 2. The lowest BCUT2D eigenvalue weighted by molar-refractivity contribution is 0.103. The van der Waals surface area contributed by atoms with Gasteiger partial charge in [-0.1, -0.05) is 24.3 Å². The van der Waals surface area contributed by atoms with Gasteiger partial charge in [-0.2, -0.15) is 0 Å². The Kier molecular flexibility index (Phi) is 4.54. The zero-order chi connectivity index (χ0) is 19.6. The van der Waals surface area contributed by atoms with Gasteiger partial charge in [-0.25, -0.2) is 9.97 Å². The molecular weight excluding hydrogens is 382 g/mol. The fourth-order valence-electron chi connectivity index (χ4n) is 3.43. The standard InChI is InChI=1S/C23H17N3O2S/c27-22(20-14-16-7-6-15-4-1-2-5-19(15)21(16)29-20)26-17-8-10-18(11-9-17)28-23-24-12-3-13-25-23/h1-5,8-14H,6-7H2,(H,26,27). The molecule has 1 aliphatic carbocycles. The lowest BCUT2D eigenvalue weighted by Crippen LogP contribution is -2.10. The maximum Gasteiger partial charge on any atom is 0.321 e. The fourth-order valence-corrected chi connectivity index (χ4v) is 4.59. The number of carbonyl (C=O) groups excluding carboxylic acids is 1. The first-order valence-corrected chi connectivity index (χ1v) is 10.2. The van der Waals surface area contributed by atoms with Crippen molar-refractivity contribution < 1.29 is 9.53 Å². The van der Waals surface area contributed by atoms with Gasteiger partial charge in [0.15, 0.2) is 0 Å². The van der Waals surface area contributed by atoms with Crippen molar-refractivity contribution in [2.24, 2.45) is 0 Å². The smallest absolute Gasteiger partial charge is 0.321 e. The molecule has 6 heteroatoms. The summed E-state index contributed by atoms with van der Waals surface area (Å²) in [6.45, 7) is 0. The van der Waals surface area contributed by atoms with Crippen molar-refractivity contribution in [3.63, 3.8) is 0 Å². The Bertz CT molecular complexity index is 1170. The van der Waals surface area contributed by atoms with E-state index in [9.17, 15) is 4.79 Å². The molecule has 0 saturated carbocycles. The lowest BCUT2D eigenvalue weighted by Gasteiger charge is -2.15. The highest BCUT2D eigenvalue weighted by Crippen LogP contribution is 2.39. The molecule has 2 aromatic heterocycles. The Labute approximate surface area is 172 Å². The molecular formula is C23H17N3O2S. The van der Waals surface area contributed by atoms with Gasteiger partial charge in [-0.05, 0) is 65.9 Å². The number of fused-ring (bicyclic) bond motifs is 3. The van der Waals surface area contributed by atoms with E-state index < -0.39 is 0 Å². The molecule has 0 atom stereocenters. The third kappa shape index (κ3) is 3.62. The van der Waals surface area contributed by atoms with Gasteiger partial charge in [0.1, 0.15) is 5.75 Å². The quantitative estimate of drug-likeness (QED) is 0.502. The number of thiophene rings is 1. The van der Waals surface area contributed by atoms with Crippen LogP contribution in [0.5, 0.6) is 11.8 Å². The van der Waals surface area contributed by atoms with Crippen molar-refractivity contribution in [2.45, 2.75) is 12.8 Å². The van der Waals surface area contributed by atoms with Gasteiger partial charge in [0.2, 0.25) is 0 Å². The molecule has 0 saturated heterocycles. The molecule has 142 valence electrons. The Morgan fingerprint density at radius 3 is 2.52 bits per heavy atom. The second-order valence-corrected chi connectivity index (χ2v) is 7.79. The minimum absolute atomic E-state index is 0.0954. The SMILES string of the molecule is O=C(Nc1ccc(Oc2ncccn2)cc1)c1cc2c(s1)-c1ccccc1CC2. The van der Waals surface area contributed by atoms with Crippen LogP contribution >= 0.6 is 11.3 Å². The first-order chi connectivity index (χ1) is 14.3. The Hall–Kier alpha value is -3.51. The Morgan fingerprint density at radius 2 is 1.69 bits per heavy atom. The first kappa shape index (κ1) is 17.6. The molecule has 0 fully saturated rings. The van der Waals surface area contributed by atoms with Crippen molar-refractivity contribution in [1.82, 2.24) is 9.97 Å². The molecule has 0 spiro atoms. The molecule has 1 aliphatic rings. The number of benzene rings is 2. The number of amides is 1. The van der Waals surface area contributed by atoms with Gasteiger partial charge in [-0.15, -0.1) is 11.3 Å². The highest BCUT2D eigenvalue weighted by Gasteiger charge is 2.21. The van der Waals surface area contributed by atoms with Gasteiger partial charge in [-0.3, -0.25) is 4.79 Å². The van der Waals surface area contributed by atoms with Crippen LogP contribution < -0.4 is 10.1 Å². The number of hydrogen-bond donors (Lipinski definition) is 1. The summed E-state index contributed by atoms with van der Waals surface area (Å²) < 4.78 is 5.58. The Balaban J connectivity index is 1.31. The first-order valence-electron chi connectivity index (χ1n) is 9.33. The van der Waals surface area contributed by atoms with E-state index in [1.54, 1.807) is 54.1 Å². The lowest BCUT2D eigenvalue weighted by atomic mass is 9.91. The van der Waals surface area contributed by atoms with E-state index in [1.807, 2.05) is 6.07 Å². The number of ether oxygens (including phenoxy) is 1. The molecule has 5 nitrogen and oxygen atoms in total. The average molecular weight is 399 g/mol. The van der Waals surface area contributed by atoms with Crippen LogP contribution in [0.15, 0.2) is 73.1 Å². The van der Waals surface area contributed by atoms with Gasteiger partial charge in [0, 0.05) is 23.0 Å². The largest absolute Gasteiger partial charge is 0.424 e. The highest BCUT2D eigenvalue weighted by atomic mass is 32.1. The van der Waals surface area contributed by atoms with Gasteiger partial charge < -0.3 is 10.1 Å². The number of rotatable bonds is 4. The van der Waals surface area contributed by atoms with Crippen LogP contribution in [-0.4, -0.2) is 15.9 Å². The summed E-state index contributed by atoms with van der Waals surface area (Å²) in [6.07, 6.45) is 5.24. The zero-order valence-electron chi connectivity index (χ0n) is 15.5. The van der Waals surface area contributed by atoms with Crippen molar-refractivity contribution in [3.05, 3.63) is 89.1 Å². The van der Waals surface area contributed by atoms with E-state index in [0.717, 1.165) is 17.7 Å². The van der Waals surface area contributed by atoms with Crippen LogP contribution in [0.25, 0.3) is 10.4 Å². The predicted molar refractivity (Wildman–Crippen MR) is 114 cm³/mol. The van der Waals surface area contributed by atoms with E-state index in [-0.39, 0.29) is 11.9 Å². The van der Waals surface area contributed by atoms with Crippen molar-refractivity contribution in [2.75, 3.05) is 5.32 Å². The Morgan fingerprint density at radius 1 is 0.931 bits per heavy atom. The molecule has 2 heterocycles. The summed E-state index contributed by atoms with van der Waals surface area (Å²) in [4.78, 5) is 22.8. The molecule has 5 rings (SSSR count). The maximum absolute atomic E-state index is 12.8. The van der Waals surface area contributed by atoms with E-state index >= 15 is 0 Å².